The Morgan fingerprint density at radius 1 is 1.31 bits per heavy atom. The fourth-order valence-electron chi connectivity index (χ4n) is 0.729. The molecule has 1 rings (SSSR count). The summed E-state index contributed by atoms with van der Waals surface area (Å²) in [7, 11) is 0. The zero-order chi connectivity index (χ0) is 9.30. The Balaban J connectivity index is 0.00000144. The molecule has 0 heterocycles. The van der Waals surface area contributed by atoms with Crippen LogP contribution >= 0.6 is 23.2 Å². The molecular formula is C7H4Cl2O3Ti. The van der Waals surface area contributed by atoms with Crippen LogP contribution in [0.1, 0.15) is 10.4 Å². The van der Waals surface area contributed by atoms with Gasteiger partial charge in [-0.15, -0.1) is 0 Å². The summed E-state index contributed by atoms with van der Waals surface area (Å²) in [6.45, 7) is 0. The van der Waals surface area contributed by atoms with Crippen molar-refractivity contribution < 1.29 is 36.7 Å². The molecule has 0 radical (unpaired) electrons. The van der Waals surface area contributed by atoms with Gasteiger partial charge in [0.05, 0.1) is 5.02 Å². The maximum atomic E-state index is 10.4. The first kappa shape index (κ1) is 12.8. The van der Waals surface area contributed by atoms with Gasteiger partial charge in [-0.2, -0.15) is 0 Å². The first-order chi connectivity index (χ1) is 5.52. The molecule has 0 saturated heterocycles. The third kappa shape index (κ3) is 2.88. The van der Waals surface area contributed by atoms with Gasteiger partial charge in [-0.25, -0.2) is 4.79 Å². The molecule has 0 aromatic heterocycles. The number of benzene rings is 1. The van der Waals surface area contributed by atoms with Crippen molar-refractivity contribution >= 4 is 29.2 Å². The SMILES string of the molecule is O=C(O)c1cc(Cl)cc(Cl)c1O.[Ti]. The van der Waals surface area contributed by atoms with Crippen molar-refractivity contribution in [3.63, 3.8) is 0 Å². The van der Waals surface area contributed by atoms with Gasteiger partial charge in [0.25, 0.3) is 0 Å². The predicted octanol–water partition coefficient (Wildman–Crippen LogP) is 2.39. The second kappa shape index (κ2) is 4.86. The molecule has 0 aliphatic heterocycles. The monoisotopic (exact) mass is 254 g/mol. The molecule has 0 bridgehead atoms. The summed E-state index contributed by atoms with van der Waals surface area (Å²) < 4.78 is 0. The van der Waals surface area contributed by atoms with Crippen LogP contribution in [0, 0.1) is 0 Å². The van der Waals surface area contributed by atoms with E-state index in [1.54, 1.807) is 0 Å². The third-order valence-corrected chi connectivity index (χ3v) is 1.76. The minimum absolute atomic E-state index is 0. The van der Waals surface area contributed by atoms with Crippen LogP contribution in [0.2, 0.25) is 10.0 Å². The normalized spacial score (nSPS) is 9.08. The summed E-state index contributed by atoms with van der Waals surface area (Å²) in [5, 5.41) is 17.8. The first-order valence-corrected chi connectivity index (χ1v) is 3.69. The maximum absolute atomic E-state index is 10.4. The van der Waals surface area contributed by atoms with Crippen LogP contribution in [0.15, 0.2) is 12.1 Å². The molecular weight excluding hydrogens is 251 g/mol. The number of halogens is 2. The van der Waals surface area contributed by atoms with E-state index >= 15 is 0 Å². The van der Waals surface area contributed by atoms with Crippen molar-refractivity contribution in [1.29, 1.82) is 0 Å². The minimum atomic E-state index is -1.27. The van der Waals surface area contributed by atoms with Crippen LogP contribution in [-0.4, -0.2) is 16.2 Å². The summed E-state index contributed by atoms with van der Waals surface area (Å²) in [6, 6.07) is 2.40. The second-order valence-electron chi connectivity index (χ2n) is 2.09. The number of carboxylic acids is 1. The summed E-state index contributed by atoms with van der Waals surface area (Å²) >= 11 is 11.0. The van der Waals surface area contributed by atoms with Crippen LogP contribution in [-0.2, 0) is 21.7 Å². The average Bonchev–Trinajstić information content (AvgIpc) is 1.96. The van der Waals surface area contributed by atoms with E-state index in [9.17, 15) is 4.79 Å². The molecule has 1 aromatic rings. The van der Waals surface area contributed by atoms with Gasteiger partial charge in [0, 0.05) is 26.7 Å². The van der Waals surface area contributed by atoms with E-state index in [0.29, 0.717) is 0 Å². The number of hydrogen-bond acceptors (Lipinski definition) is 2. The van der Waals surface area contributed by atoms with Crippen molar-refractivity contribution in [1.82, 2.24) is 0 Å². The first-order valence-electron chi connectivity index (χ1n) is 2.93. The van der Waals surface area contributed by atoms with Crippen LogP contribution in [0.5, 0.6) is 5.75 Å². The van der Waals surface area contributed by atoms with Gasteiger partial charge < -0.3 is 10.2 Å². The number of rotatable bonds is 1. The number of hydrogen-bond donors (Lipinski definition) is 2. The summed E-state index contributed by atoms with van der Waals surface area (Å²) in [5.74, 6) is -1.73. The fraction of sp³-hybridized carbons (Fsp3) is 0. The van der Waals surface area contributed by atoms with E-state index in [4.69, 9.17) is 33.4 Å². The zero-order valence-corrected chi connectivity index (χ0v) is 9.29. The predicted molar refractivity (Wildman–Crippen MR) is 45.1 cm³/mol. The number of carboxylic acid groups (broad SMARTS) is 1. The number of carbonyl (C=O) groups is 1. The van der Waals surface area contributed by atoms with Crippen molar-refractivity contribution in [2.45, 2.75) is 0 Å². The Hall–Kier alpha value is -0.216. The van der Waals surface area contributed by atoms with Gasteiger partial charge >= 0.3 is 5.97 Å². The van der Waals surface area contributed by atoms with E-state index in [2.05, 4.69) is 0 Å². The van der Waals surface area contributed by atoms with E-state index < -0.39 is 11.7 Å². The quantitative estimate of drug-likeness (QED) is 0.757. The maximum Gasteiger partial charge on any atom is 0.339 e. The van der Waals surface area contributed by atoms with Crippen LogP contribution < -0.4 is 0 Å². The molecule has 0 fully saturated rings. The molecule has 0 aliphatic carbocycles. The molecule has 0 amide bonds. The molecule has 3 nitrogen and oxygen atoms in total. The number of phenols is 1. The molecule has 0 aliphatic rings. The van der Waals surface area contributed by atoms with Gasteiger partial charge in [0.1, 0.15) is 11.3 Å². The second-order valence-corrected chi connectivity index (χ2v) is 2.93. The molecule has 2 N–H and O–H groups in total. The van der Waals surface area contributed by atoms with Crippen molar-refractivity contribution in [3.05, 3.63) is 27.7 Å². The smallest absolute Gasteiger partial charge is 0.339 e. The van der Waals surface area contributed by atoms with Crippen LogP contribution in [0.25, 0.3) is 0 Å². The standard InChI is InChI=1S/C7H4Cl2O3.Ti/c8-3-1-4(7(11)12)6(10)5(9)2-3;/h1-2,10H,(H,11,12);. The Morgan fingerprint density at radius 2 is 1.85 bits per heavy atom. The van der Waals surface area contributed by atoms with Crippen LogP contribution in [0.4, 0.5) is 0 Å². The van der Waals surface area contributed by atoms with Crippen molar-refractivity contribution in [3.8, 4) is 5.75 Å². The average molecular weight is 255 g/mol. The number of aromatic carboxylic acids is 1. The molecule has 6 heteroatoms. The van der Waals surface area contributed by atoms with Crippen molar-refractivity contribution in [2.24, 2.45) is 0 Å². The molecule has 0 atom stereocenters. The Labute approximate surface area is 99.2 Å². The molecule has 1 aromatic carbocycles. The largest absolute Gasteiger partial charge is 0.505 e. The van der Waals surface area contributed by atoms with Gasteiger partial charge in [-0.05, 0) is 12.1 Å². The number of aromatic hydroxyl groups is 1. The Kier molecular flexibility index (Phi) is 4.78. The van der Waals surface area contributed by atoms with Crippen LogP contribution in [0.3, 0.4) is 0 Å². The third-order valence-electron chi connectivity index (χ3n) is 1.26. The fourth-order valence-corrected chi connectivity index (χ4v) is 1.22. The van der Waals surface area contributed by atoms with Gasteiger partial charge in [-0.1, -0.05) is 23.2 Å². The van der Waals surface area contributed by atoms with Gasteiger partial charge in [0.15, 0.2) is 0 Å². The molecule has 68 valence electrons. The van der Waals surface area contributed by atoms with E-state index in [0.717, 1.165) is 6.07 Å². The summed E-state index contributed by atoms with van der Waals surface area (Å²) in [4.78, 5) is 10.4. The Bertz CT molecular complexity index is 341. The minimum Gasteiger partial charge on any atom is -0.505 e. The molecule has 0 spiro atoms. The summed E-state index contributed by atoms with van der Waals surface area (Å²) in [5.41, 5.74) is -0.299. The molecule has 13 heavy (non-hydrogen) atoms. The van der Waals surface area contributed by atoms with Crippen molar-refractivity contribution in [2.75, 3.05) is 0 Å². The topological polar surface area (TPSA) is 57.5 Å². The Morgan fingerprint density at radius 3 is 2.31 bits per heavy atom. The molecule has 0 saturated carbocycles. The molecule has 0 unspecified atom stereocenters. The van der Waals surface area contributed by atoms with E-state index in [1.165, 1.54) is 6.07 Å². The summed E-state index contributed by atoms with van der Waals surface area (Å²) in [6.07, 6.45) is 0. The van der Waals surface area contributed by atoms with Gasteiger partial charge in [-0.3, -0.25) is 0 Å². The van der Waals surface area contributed by atoms with E-state index in [-0.39, 0.29) is 37.3 Å². The van der Waals surface area contributed by atoms with Gasteiger partial charge in [0.2, 0.25) is 0 Å². The van der Waals surface area contributed by atoms with E-state index in [1.807, 2.05) is 0 Å². The zero-order valence-electron chi connectivity index (χ0n) is 6.21.